The van der Waals surface area contributed by atoms with Gasteiger partial charge in [-0.3, -0.25) is 0 Å². The maximum absolute atomic E-state index is 4.22. The summed E-state index contributed by atoms with van der Waals surface area (Å²) in [6, 6.07) is 0. The van der Waals surface area contributed by atoms with Crippen LogP contribution < -0.4 is 0 Å². The first-order valence-electron chi connectivity index (χ1n) is 5.02. The molecule has 0 unspecified atom stereocenters. The lowest BCUT2D eigenvalue weighted by atomic mass is 9.66. The highest BCUT2D eigenvalue weighted by atomic mass is 14.4. The lowest BCUT2D eigenvalue weighted by Crippen LogP contribution is -2.30. The van der Waals surface area contributed by atoms with Gasteiger partial charge in [-0.15, -0.1) is 0 Å². The molecule has 0 aliphatic carbocycles. The second-order valence-electron chi connectivity index (χ2n) is 5.70. The lowest BCUT2D eigenvalue weighted by molar-refractivity contribution is 0.138. The molecule has 0 heteroatoms. The minimum absolute atomic E-state index is 0.182. The Morgan fingerprint density at radius 2 is 1.50 bits per heavy atom. The van der Waals surface area contributed by atoms with E-state index < -0.39 is 0 Å². The first-order valence-corrected chi connectivity index (χ1v) is 5.02. The zero-order chi connectivity index (χ0) is 9.99. The molecule has 0 aliphatic heterocycles. The molecule has 0 fully saturated rings. The molecule has 0 atom stereocenters. The zero-order valence-corrected chi connectivity index (χ0v) is 9.70. The largest absolute Gasteiger partial charge is 0.0628 e. The van der Waals surface area contributed by atoms with Gasteiger partial charge in [0, 0.05) is 0 Å². The summed E-state index contributed by atoms with van der Waals surface area (Å²) < 4.78 is 0. The first-order chi connectivity index (χ1) is 5.17. The van der Waals surface area contributed by atoms with Crippen LogP contribution in [0, 0.1) is 23.7 Å². The van der Waals surface area contributed by atoms with Crippen LogP contribution in [0.5, 0.6) is 0 Å². The summed E-state index contributed by atoms with van der Waals surface area (Å²) in [4.78, 5) is 0. The average Bonchev–Trinajstić information content (AvgIpc) is 1.81. The Kier molecular flexibility index (Phi) is 3.81. The van der Waals surface area contributed by atoms with E-state index in [9.17, 15) is 0 Å². The van der Waals surface area contributed by atoms with Gasteiger partial charge in [-0.05, 0) is 30.1 Å². The third kappa shape index (κ3) is 3.60. The van der Waals surface area contributed by atoms with Gasteiger partial charge in [0.15, 0.2) is 0 Å². The first kappa shape index (κ1) is 12.0. The van der Waals surface area contributed by atoms with Crippen molar-refractivity contribution in [2.75, 3.05) is 0 Å². The van der Waals surface area contributed by atoms with Gasteiger partial charge in [0.25, 0.3) is 0 Å². The van der Waals surface area contributed by atoms with Crippen molar-refractivity contribution in [1.29, 1.82) is 0 Å². The molecule has 73 valence electrons. The molecule has 12 heavy (non-hydrogen) atoms. The Bertz CT molecular complexity index is 123. The van der Waals surface area contributed by atoms with Crippen molar-refractivity contribution >= 4 is 0 Å². The summed E-state index contributed by atoms with van der Waals surface area (Å²) in [5.41, 5.74) is 0.541. The fourth-order valence-electron chi connectivity index (χ4n) is 0.988. The molecule has 0 aromatic rings. The molecule has 0 amide bonds. The zero-order valence-electron chi connectivity index (χ0n) is 9.70. The van der Waals surface area contributed by atoms with E-state index in [0.717, 1.165) is 5.92 Å². The highest BCUT2D eigenvalue weighted by molar-refractivity contribution is 4.87. The van der Waals surface area contributed by atoms with Crippen LogP contribution in [0.1, 0.15) is 54.4 Å². The molecule has 0 saturated carbocycles. The molecule has 0 bridgehead atoms. The van der Waals surface area contributed by atoms with E-state index in [2.05, 4.69) is 48.5 Å². The fourth-order valence-corrected chi connectivity index (χ4v) is 0.988. The molecule has 0 spiro atoms. The predicted molar refractivity (Wildman–Crippen MR) is 57.0 cm³/mol. The molecular formula is C12H25. The molecular weight excluding hydrogens is 144 g/mol. The molecule has 0 N–H and O–H groups in total. The van der Waals surface area contributed by atoms with Gasteiger partial charge in [-0.25, -0.2) is 0 Å². The van der Waals surface area contributed by atoms with Crippen LogP contribution in [0.4, 0.5) is 0 Å². The summed E-state index contributed by atoms with van der Waals surface area (Å²) in [5.74, 6) is 0.812. The second-order valence-corrected chi connectivity index (χ2v) is 5.70. The Hall–Kier alpha value is 0. The molecule has 0 heterocycles. The van der Waals surface area contributed by atoms with Crippen molar-refractivity contribution in [3.05, 3.63) is 6.92 Å². The fraction of sp³-hybridized carbons (Fsp3) is 0.917. The summed E-state index contributed by atoms with van der Waals surface area (Å²) >= 11 is 0. The van der Waals surface area contributed by atoms with Gasteiger partial charge >= 0.3 is 0 Å². The number of rotatable bonds is 4. The van der Waals surface area contributed by atoms with Crippen molar-refractivity contribution in [1.82, 2.24) is 0 Å². The molecule has 1 radical (unpaired) electrons. The van der Waals surface area contributed by atoms with Crippen LogP contribution in [0.2, 0.25) is 0 Å². The van der Waals surface area contributed by atoms with Gasteiger partial charge in [0.1, 0.15) is 0 Å². The standard InChI is InChI=1S/C12H25/c1-10(2)8-9-12(6,7)11(3,4)5/h10H,3,8-9H2,1-2,4-7H3. The van der Waals surface area contributed by atoms with E-state index in [0.29, 0.717) is 5.41 Å². The molecule has 0 aromatic heterocycles. The van der Waals surface area contributed by atoms with Crippen LogP contribution in [0.3, 0.4) is 0 Å². The summed E-state index contributed by atoms with van der Waals surface area (Å²) in [6.45, 7) is 17.9. The third-order valence-electron chi connectivity index (χ3n) is 3.18. The smallest absolute Gasteiger partial charge is 0.0303 e. The van der Waals surface area contributed by atoms with E-state index in [1.807, 2.05) is 0 Å². The quantitative estimate of drug-likeness (QED) is 0.588. The average molecular weight is 169 g/mol. The second kappa shape index (κ2) is 3.81. The SMILES string of the molecule is [CH2]C(C)(C)C(C)(C)CCC(C)C. The number of hydrogen-bond donors (Lipinski definition) is 0. The highest BCUT2D eigenvalue weighted by Gasteiger charge is 2.32. The Morgan fingerprint density at radius 1 is 1.08 bits per heavy atom. The van der Waals surface area contributed by atoms with E-state index in [1.165, 1.54) is 12.8 Å². The van der Waals surface area contributed by atoms with E-state index >= 15 is 0 Å². The minimum Gasteiger partial charge on any atom is -0.0628 e. The van der Waals surface area contributed by atoms with Crippen LogP contribution in [0.15, 0.2) is 0 Å². The highest BCUT2D eigenvalue weighted by Crippen LogP contribution is 2.41. The van der Waals surface area contributed by atoms with E-state index in [4.69, 9.17) is 0 Å². The van der Waals surface area contributed by atoms with Crippen LogP contribution >= 0.6 is 0 Å². The molecule has 0 aliphatic rings. The molecule has 0 aromatic carbocycles. The summed E-state index contributed by atoms with van der Waals surface area (Å²) in [7, 11) is 0. The minimum atomic E-state index is 0.182. The molecule has 0 rings (SSSR count). The van der Waals surface area contributed by atoms with Crippen LogP contribution in [-0.4, -0.2) is 0 Å². The molecule has 0 saturated heterocycles. The van der Waals surface area contributed by atoms with Crippen molar-refractivity contribution in [3.8, 4) is 0 Å². The van der Waals surface area contributed by atoms with E-state index in [1.54, 1.807) is 0 Å². The summed E-state index contributed by atoms with van der Waals surface area (Å²) in [6.07, 6.45) is 2.59. The Labute approximate surface area is 78.8 Å². The van der Waals surface area contributed by atoms with Gasteiger partial charge in [0.2, 0.25) is 0 Å². The Balaban J connectivity index is 4.05. The van der Waals surface area contributed by atoms with Crippen molar-refractivity contribution in [2.45, 2.75) is 54.4 Å². The van der Waals surface area contributed by atoms with Crippen LogP contribution in [0.25, 0.3) is 0 Å². The summed E-state index contributed by atoms with van der Waals surface area (Å²) in [5, 5.41) is 0. The molecule has 0 nitrogen and oxygen atoms in total. The number of hydrogen-bond acceptors (Lipinski definition) is 0. The predicted octanol–water partition coefficient (Wildman–Crippen LogP) is 4.31. The van der Waals surface area contributed by atoms with Crippen molar-refractivity contribution in [2.24, 2.45) is 16.7 Å². The normalized spacial score (nSPS) is 14.0. The van der Waals surface area contributed by atoms with Gasteiger partial charge in [-0.2, -0.15) is 0 Å². The topological polar surface area (TPSA) is 0 Å². The van der Waals surface area contributed by atoms with Crippen molar-refractivity contribution < 1.29 is 0 Å². The van der Waals surface area contributed by atoms with Gasteiger partial charge in [-0.1, -0.05) is 48.0 Å². The third-order valence-corrected chi connectivity index (χ3v) is 3.18. The van der Waals surface area contributed by atoms with Gasteiger partial charge in [0.05, 0.1) is 0 Å². The Morgan fingerprint density at radius 3 is 1.75 bits per heavy atom. The van der Waals surface area contributed by atoms with Crippen molar-refractivity contribution in [3.63, 3.8) is 0 Å². The van der Waals surface area contributed by atoms with Gasteiger partial charge < -0.3 is 0 Å². The maximum Gasteiger partial charge on any atom is -0.0303 e. The maximum atomic E-state index is 4.22. The monoisotopic (exact) mass is 169 g/mol. The van der Waals surface area contributed by atoms with Crippen LogP contribution in [-0.2, 0) is 0 Å². The van der Waals surface area contributed by atoms with E-state index in [-0.39, 0.29) is 5.41 Å². The lowest BCUT2D eigenvalue weighted by Gasteiger charge is -2.39.